The number of benzene rings is 10. The minimum Gasteiger partial charge on any atom is -0.456 e. The Morgan fingerprint density at radius 1 is 0.328 bits per heavy atom. The first-order valence-electron chi connectivity index (χ1n) is 23.0. The zero-order valence-corrected chi connectivity index (χ0v) is 36.8. The summed E-state index contributed by atoms with van der Waals surface area (Å²) in [5.41, 5.74) is 19.9. The van der Waals surface area contributed by atoms with Crippen molar-refractivity contribution in [2.24, 2.45) is 9.98 Å². The second-order valence-electron chi connectivity index (χ2n) is 17.2. The Kier molecular flexibility index (Phi) is 10.3. The minimum atomic E-state index is -0.0845. The van der Waals surface area contributed by atoms with Gasteiger partial charge >= 0.3 is 0 Å². The van der Waals surface area contributed by atoms with Crippen molar-refractivity contribution in [1.29, 1.82) is 0 Å². The van der Waals surface area contributed by atoms with Gasteiger partial charge in [-0.05, 0) is 102 Å². The molecule has 0 radical (unpaired) electrons. The maximum Gasteiger partial charge on any atom is 0.155 e. The molecule has 1 aromatic heterocycles. The van der Waals surface area contributed by atoms with Crippen molar-refractivity contribution in [3.63, 3.8) is 0 Å². The average Bonchev–Trinajstić information content (AvgIpc) is 3.79. The van der Waals surface area contributed by atoms with Crippen LogP contribution in [0.15, 0.2) is 263 Å². The van der Waals surface area contributed by atoms with E-state index in [1.807, 2.05) is 18.2 Å². The molecule has 0 amide bonds. The van der Waals surface area contributed by atoms with E-state index in [0.717, 1.165) is 100 Å². The molecule has 0 spiro atoms. The van der Waals surface area contributed by atoms with E-state index in [1.165, 1.54) is 16.7 Å². The van der Waals surface area contributed by atoms with Gasteiger partial charge in [0.15, 0.2) is 5.84 Å². The van der Waals surface area contributed by atoms with Crippen LogP contribution in [0.4, 0.5) is 0 Å². The fourth-order valence-corrected chi connectivity index (χ4v) is 9.79. The Hall–Kier alpha value is -8.66. The third-order valence-electron chi connectivity index (χ3n) is 13.1. The molecule has 0 saturated carbocycles. The normalized spacial score (nSPS) is 13.6. The fourth-order valence-electron chi connectivity index (χ4n) is 9.79. The Morgan fingerprint density at radius 2 is 0.776 bits per heavy atom. The number of hydrogen-bond acceptors (Lipinski definition) is 3. The number of para-hydroxylation sites is 1. The first kappa shape index (κ1) is 39.9. The van der Waals surface area contributed by atoms with Crippen molar-refractivity contribution in [2.75, 3.05) is 0 Å². The first-order chi connectivity index (χ1) is 33.2. The summed E-state index contributed by atoms with van der Waals surface area (Å²) >= 11 is 0. The molecule has 0 saturated heterocycles. The number of nitrogens with zero attached hydrogens (tertiary/aromatic N) is 2. The van der Waals surface area contributed by atoms with Gasteiger partial charge in [0.25, 0.3) is 0 Å². The largest absolute Gasteiger partial charge is 0.456 e. The van der Waals surface area contributed by atoms with Crippen LogP contribution >= 0.6 is 0 Å². The lowest BCUT2D eigenvalue weighted by Crippen LogP contribution is -2.17. The third kappa shape index (κ3) is 7.67. The Morgan fingerprint density at radius 3 is 1.40 bits per heavy atom. The molecule has 12 rings (SSSR count). The molecule has 316 valence electrons. The van der Waals surface area contributed by atoms with Crippen LogP contribution in [0.2, 0.25) is 0 Å². The van der Waals surface area contributed by atoms with E-state index < -0.39 is 0 Å². The smallest absolute Gasteiger partial charge is 0.155 e. The van der Waals surface area contributed by atoms with Crippen molar-refractivity contribution in [3.8, 4) is 66.8 Å². The Balaban J connectivity index is 1.04. The van der Waals surface area contributed by atoms with E-state index in [2.05, 4.69) is 231 Å². The van der Waals surface area contributed by atoms with Crippen LogP contribution in [0.3, 0.4) is 0 Å². The molecule has 10 aromatic carbocycles. The van der Waals surface area contributed by atoms with Gasteiger partial charge < -0.3 is 4.42 Å². The van der Waals surface area contributed by atoms with Crippen molar-refractivity contribution in [2.45, 2.75) is 12.5 Å². The molecule has 67 heavy (non-hydrogen) atoms. The van der Waals surface area contributed by atoms with Gasteiger partial charge in [-0.25, -0.2) is 4.99 Å². The van der Waals surface area contributed by atoms with Crippen LogP contribution in [-0.2, 0) is 0 Å². The van der Waals surface area contributed by atoms with Crippen LogP contribution in [0.1, 0.15) is 29.2 Å². The van der Waals surface area contributed by atoms with Gasteiger partial charge in [-0.2, -0.15) is 0 Å². The molecule has 11 aromatic rings. The van der Waals surface area contributed by atoms with Crippen molar-refractivity contribution >= 4 is 33.5 Å². The minimum absolute atomic E-state index is 0.0845. The van der Waals surface area contributed by atoms with E-state index in [-0.39, 0.29) is 6.04 Å². The molecule has 1 unspecified atom stereocenters. The summed E-state index contributed by atoms with van der Waals surface area (Å²) in [7, 11) is 0. The van der Waals surface area contributed by atoms with E-state index >= 15 is 0 Å². The molecular formula is C64H44N2O. The fraction of sp³-hybridized carbons (Fsp3) is 0.0312. The number of fused-ring (bicyclic) bond motifs is 3. The number of rotatable bonds is 9. The maximum atomic E-state index is 6.56. The van der Waals surface area contributed by atoms with Crippen LogP contribution in [-0.4, -0.2) is 11.5 Å². The summed E-state index contributed by atoms with van der Waals surface area (Å²) in [4.78, 5) is 10.6. The summed E-state index contributed by atoms with van der Waals surface area (Å²) in [6.45, 7) is 0. The average molecular weight is 857 g/mol. The quantitative estimate of drug-likeness (QED) is 0.142. The number of furan rings is 1. The molecule has 1 aliphatic rings. The van der Waals surface area contributed by atoms with Gasteiger partial charge in [0.1, 0.15) is 11.2 Å². The van der Waals surface area contributed by atoms with E-state index in [0.29, 0.717) is 6.42 Å². The molecule has 3 nitrogen and oxygen atoms in total. The van der Waals surface area contributed by atoms with Gasteiger partial charge in [-0.15, -0.1) is 0 Å². The van der Waals surface area contributed by atoms with Crippen LogP contribution in [0.5, 0.6) is 0 Å². The molecule has 1 aliphatic heterocycles. The van der Waals surface area contributed by atoms with Gasteiger partial charge in [-0.3, -0.25) is 4.99 Å². The molecule has 0 aliphatic carbocycles. The molecular weight excluding hydrogens is 813 g/mol. The topological polar surface area (TPSA) is 37.9 Å². The molecule has 3 heteroatoms. The lowest BCUT2D eigenvalue weighted by Gasteiger charge is -2.25. The number of hydrogen-bond donors (Lipinski definition) is 0. The second-order valence-corrected chi connectivity index (χ2v) is 17.2. The molecule has 0 N–H and O–H groups in total. The summed E-state index contributed by atoms with van der Waals surface area (Å²) in [6.07, 6.45) is 0.686. The first-order valence-corrected chi connectivity index (χ1v) is 23.0. The Labute approximate surface area is 390 Å². The van der Waals surface area contributed by atoms with Gasteiger partial charge in [0.2, 0.25) is 0 Å². The molecule has 2 heterocycles. The number of amidine groups is 1. The zero-order chi connectivity index (χ0) is 44.5. The molecule has 0 fully saturated rings. The lowest BCUT2D eigenvalue weighted by atomic mass is 9.78. The van der Waals surface area contributed by atoms with Gasteiger partial charge in [0.05, 0.1) is 11.8 Å². The molecule has 0 bridgehead atoms. The summed E-state index contributed by atoms with van der Waals surface area (Å²) < 4.78 is 6.56. The zero-order valence-electron chi connectivity index (χ0n) is 36.8. The second kappa shape index (κ2) is 17.4. The monoisotopic (exact) mass is 856 g/mol. The highest BCUT2D eigenvalue weighted by molar-refractivity contribution is 6.15. The van der Waals surface area contributed by atoms with E-state index in [9.17, 15) is 0 Å². The Bertz CT molecular complexity index is 3600. The van der Waals surface area contributed by atoms with E-state index in [4.69, 9.17) is 14.4 Å². The highest BCUT2D eigenvalue weighted by Gasteiger charge is 2.26. The molecule has 1 atom stereocenters. The maximum absolute atomic E-state index is 6.56. The predicted molar refractivity (Wildman–Crippen MR) is 280 cm³/mol. The van der Waals surface area contributed by atoms with Crippen molar-refractivity contribution in [3.05, 3.63) is 265 Å². The predicted octanol–water partition coefficient (Wildman–Crippen LogP) is 17.0. The van der Waals surface area contributed by atoms with Gasteiger partial charge in [0, 0.05) is 22.8 Å². The van der Waals surface area contributed by atoms with Crippen LogP contribution < -0.4 is 0 Å². The SMILES string of the molecule is c1ccc(C2=NC(c3ccc(-c4ccccc4)cc3)CC(c3ccc(-c4c(-c5ccccc5)cc(-c5ccccc5)c(-c5ccc6c(c5)oc5ccccc56)c4-c4ccccc4)cc3)=N2)cc1. The van der Waals surface area contributed by atoms with E-state index in [1.54, 1.807) is 0 Å². The van der Waals surface area contributed by atoms with Crippen LogP contribution in [0, 0.1) is 0 Å². The summed E-state index contributed by atoms with van der Waals surface area (Å²) in [5, 5.41) is 2.23. The third-order valence-corrected chi connectivity index (χ3v) is 13.1. The number of aliphatic imine (C=N–C) groups is 2. The van der Waals surface area contributed by atoms with Crippen LogP contribution in [0.25, 0.3) is 88.7 Å². The summed E-state index contributed by atoms with van der Waals surface area (Å²) in [5.74, 6) is 0.753. The highest BCUT2D eigenvalue weighted by Crippen LogP contribution is 2.51. The highest BCUT2D eigenvalue weighted by atomic mass is 16.3. The van der Waals surface area contributed by atoms with Crippen molar-refractivity contribution in [1.82, 2.24) is 0 Å². The van der Waals surface area contributed by atoms with Crippen molar-refractivity contribution < 1.29 is 4.42 Å². The summed E-state index contributed by atoms with van der Waals surface area (Å²) in [6, 6.07) is 88.7. The van der Waals surface area contributed by atoms with Gasteiger partial charge in [-0.1, -0.05) is 224 Å². The lowest BCUT2D eigenvalue weighted by molar-refractivity contribution is 0.669. The standard InChI is InChI=1S/C64H44N2O/c1-6-18-43(19-7-1)44-30-32-47(33-31-44)57-42-58(66-64(65-57)51-26-14-5-15-27-51)48-34-36-50(37-35-48)61-55(45-20-8-2-9-21-45)41-56(46-22-10-3-11-23-46)62(63(61)49-24-12-4-13-25-49)52-38-39-54-53-28-16-17-29-59(53)67-60(54)40-52/h1-41,57H,42H2.